The van der Waals surface area contributed by atoms with Crippen LogP contribution in [0.5, 0.6) is 0 Å². The van der Waals surface area contributed by atoms with Crippen LogP contribution >= 0.6 is 0 Å². The van der Waals surface area contributed by atoms with Crippen molar-refractivity contribution in [1.29, 1.82) is 0 Å². The summed E-state index contributed by atoms with van der Waals surface area (Å²) in [5.74, 6) is 0.486. The highest BCUT2D eigenvalue weighted by atomic mass is 16.1. The van der Waals surface area contributed by atoms with Crippen molar-refractivity contribution >= 4 is 0 Å². The van der Waals surface area contributed by atoms with Gasteiger partial charge in [-0.2, -0.15) is 10.2 Å². The Morgan fingerprint density at radius 1 is 1.00 bits per heavy atom. The van der Waals surface area contributed by atoms with E-state index in [4.69, 9.17) is 0 Å². The number of likely N-dealkylation sites (tertiary alicyclic amines) is 1. The van der Waals surface area contributed by atoms with E-state index in [-0.39, 0.29) is 5.56 Å². The molecule has 0 saturated carbocycles. The molecule has 5 rings (SSSR count). The van der Waals surface area contributed by atoms with E-state index in [2.05, 4.69) is 31.0 Å². The van der Waals surface area contributed by atoms with Crippen molar-refractivity contribution in [2.75, 3.05) is 13.1 Å². The first kappa shape index (κ1) is 19.2. The number of fused-ring (bicyclic) bond motifs is 1. The predicted octanol–water partition coefficient (Wildman–Crippen LogP) is 2.75. The van der Waals surface area contributed by atoms with Crippen molar-refractivity contribution < 1.29 is 0 Å². The van der Waals surface area contributed by atoms with Crippen LogP contribution in [0.4, 0.5) is 0 Å². The molecule has 3 aromatic rings. The number of rotatable bonds is 5. The number of aryl methyl sites for hydroxylation is 1. The van der Waals surface area contributed by atoms with Gasteiger partial charge in [-0.1, -0.05) is 0 Å². The summed E-state index contributed by atoms with van der Waals surface area (Å²) in [7, 11) is 0. The van der Waals surface area contributed by atoms with Crippen LogP contribution in [0.3, 0.4) is 0 Å². The molecule has 0 amide bonds. The molecule has 156 valence electrons. The number of nitrogens with zero attached hydrogens (tertiary/aromatic N) is 6. The predicted molar refractivity (Wildman–Crippen MR) is 115 cm³/mol. The first-order valence-electron chi connectivity index (χ1n) is 11.0. The minimum atomic E-state index is -0.0262. The number of pyridine rings is 1. The van der Waals surface area contributed by atoms with Crippen molar-refractivity contribution in [3.05, 3.63) is 64.5 Å². The summed E-state index contributed by atoms with van der Waals surface area (Å²) in [6.07, 6.45) is 11.4. The molecule has 0 radical (unpaired) electrons. The van der Waals surface area contributed by atoms with E-state index in [0.717, 1.165) is 56.7 Å². The largest absolute Gasteiger partial charge is 0.299 e. The fourth-order valence-electron chi connectivity index (χ4n) is 4.69. The number of hydrogen-bond donors (Lipinski definition) is 0. The molecule has 0 spiro atoms. The summed E-state index contributed by atoms with van der Waals surface area (Å²) in [6, 6.07) is 7.26. The van der Waals surface area contributed by atoms with Gasteiger partial charge >= 0.3 is 0 Å². The van der Waals surface area contributed by atoms with Gasteiger partial charge in [-0.3, -0.25) is 19.4 Å². The van der Waals surface area contributed by atoms with Gasteiger partial charge in [0.25, 0.3) is 5.56 Å². The Labute approximate surface area is 176 Å². The third kappa shape index (κ3) is 4.07. The normalized spacial score (nSPS) is 17.7. The molecule has 7 heteroatoms. The highest BCUT2D eigenvalue weighted by Gasteiger charge is 2.23. The fourth-order valence-corrected chi connectivity index (χ4v) is 4.69. The standard InChI is InChI=1S/C23H28N6O/c30-23-5-4-21(19-6-10-24-11-7-19)26-29(23)16-18-8-13-27(14-9-18)17-20-15-25-28-12-2-1-3-22(20)28/h4-7,10-11,15,18H,1-3,8-9,12-14,16-17H2. The van der Waals surface area contributed by atoms with Crippen LogP contribution in [0.15, 0.2) is 47.7 Å². The summed E-state index contributed by atoms with van der Waals surface area (Å²) in [6.45, 7) is 4.88. The average Bonchev–Trinajstić information content (AvgIpc) is 3.20. The van der Waals surface area contributed by atoms with E-state index in [1.165, 1.54) is 24.1 Å². The number of piperidine rings is 1. The van der Waals surface area contributed by atoms with Crippen LogP contribution in [0.2, 0.25) is 0 Å². The summed E-state index contributed by atoms with van der Waals surface area (Å²) in [5.41, 5.74) is 4.61. The molecule has 3 aromatic heterocycles. The molecular formula is C23H28N6O. The first-order valence-corrected chi connectivity index (χ1v) is 11.0. The molecule has 0 unspecified atom stereocenters. The minimum absolute atomic E-state index is 0.0262. The summed E-state index contributed by atoms with van der Waals surface area (Å²) < 4.78 is 3.84. The zero-order valence-electron chi connectivity index (χ0n) is 17.3. The Balaban J connectivity index is 1.20. The van der Waals surface area contributed by atoms with Crippen LogP contribution in [0.25, 0.3) is 11.3 Å². The molecule has 0 N–H and O–H groups in total. The molecule has 5 heterocycles. The van der Waals surface area contributed by atoms with Gasteiger partial charge in [0.15, 0.2) is 0 Å². The topological polar surface area (TPSA) is 68.8 Å². The average molecular weight is 405 g/mol. The molecule has 7 nitrogen and oxygen atoms in total. The second-order valence-electron chi connectivity index (χ2n) is 8.49. The molecule has 0 bridgehead atoms. The van der Waals surface area contributed by atoms with E-state index in [1.54, 1.807) is 29.2 Å². The Morgan fingerprint density at radius 3 is 2.67 bits per heavy atom. The second kappa shape index (κ2) is 8.52. The summed E-state index contributed by atoms with van der Waals surface area (Å²) in [4.78, 5) is 18.9. The molecule has 2 aliphatic rings. The number of hydrogen-bond acceptors (Lipinski definition) is 5. The Bertz CT molecular complexity index is 1050. The van der Waals surface area contributed by atoms with Crippen molar-refractivity contribution in [3.8, 4) is 11.3 Å². The van der Waals surface area contributed by atoms with Gasteiger partial charge in [-0.05, 0) is 69.3 Å². The van der Waals surface area contributed by atoms with Gasteiger partial charge in [0.1, 0.15) is 0 Å². The van der Waals surface area contributed by atoms with Gasteiger partial charge < -0.3 is 0 Å². The van der Waals surface area contributed by atoms with Crippen LogP contribution in [0, 0.1) is 5.92 Å². The Kier molecular flexibility index (Phi) is 5.45. The van der Waals surface area contributed by atoms with Crippen molar-refractivity contribution in [1.82, 2.24) is 29.4 Å². The Hall–Kier alpha value is -2.80. The molecule has 1 saturated heterocycles. The zero-order chi connectivity index (χ0) is 20.3. The molecule has 1 fully saturated rings. The molecular weight excluding hydrogens is 376 g/mol. The third-order valence-corrected chi connectivity index (χ3v) is 6.44. The zero-order valence-corrected chi connectivity index (χ0v) is 17.3. The maximum atomic E-state index is 12.4. The van der Waals surface area contributed by atoms with Crippen molar-refractivity contribution in [2.24, 2.45) is 5.92 Å². The smallest absolute Gasteiger partial charge is 0.266 e. The summed E-state index contributed by atoms with van der Waals surface area (Å²) >= 11 is 0. The molecule has 0 aliphatic carbocycles. The van der Waals surface area contributed by atoms with Gasteiger partial charge in [-0.15, -0.1) is 0 Å². The maximum Gasteiger partial charge on any atom is 0.266 e. The lowest BCUT2D eigenvalue weighted by atomic mass is 9.96. The van der Waals surface area contributed by atoms with E-state index < -0.39 is 0 Å². The van der Waals surface area contributed by atoms with E-state index in [0.29, 0.717) is 12.5 Å². The third-order valence-electron chi connectivity index (χ3n) is 6.44. The van der Waals surface area contributed by atoms with Crippen LogP contribution in [-0.2, 0) is 26.1 Å². The molecule has 2 aliphatic heterocycles. The number of aromatic nitrogens is 5. The van der Waals surface area contributed by atoms with E-state index in [1.807, 2.05) is 12.1 Å². The lowest BCUT2D eigenvalue weighted by Crippen LogP contribution is -2.36. The molecule has 30 heavy (non-hydrogen) atoms. The first-order chi connectivity index (χ1) is 14.8. The quantitative estimate of drug-likeness (QED) is 0.654. The van der Waals surface area contributed by atoms with Gasteiger partial charge in [-0.25, -0.2) is 4.68 Å². The van der Waals surface area contributed by atoms with Gasteiger partial charge in [0.05, 0.1) is 11.9 Å². The highest BCUT2D eigenvalue weighted by molar-refractivity contribution is 5.56. The fraction of sp³-hybridized carbons (Fsp3) is 0.478. The van der Waals surface area contributed by atoms with Crippen molar-refractivity contribution in [3.63, 3.8) is 0 Å². The minimum Gasteiger partial charge on any atom is -0.299 e. The van der Waals surface area contributed by atoms with Crippen molar-refractivity contribution in [2.45, 2.75) is 51.7 Å². The van der Waals surface area contributed by atoms with Gasteiger partial charge in [0.2, 0.25) is 0 Å². The monoisotopic (exact) mass is 404 g/mol. The van der Waals surface area contributed by atoms with Crippen LogP contribution in [0.1, 0.15) is 36.9 Å². The van der Waals surface area contributed by atoms with Crippen LogP contribution in [-0.4, -0.2) is 42.5 Å². The lowest BCUT2D eigenvalue weighted by molar-refractivity contribution is 0.163. The Morgan fingerprint density at radius 2 is 1.83 bits per heavy atom. The summed E-state index contributed by atoms with van der Waals surface area (Å²) in [5, 5.41) is 9.19. The highest BCUT2D eigenvalue weighted by Crippen LogP contribution is 2.24. The van der Waals surface area contributed by atoms with E-state index >= 15 is 0 Å². The molecule has 0 atom stereocenters. The van der Waals surface area contributed by atoms with Gasteiger partial charge in [0, 0.05) is 54.9 Å². The maximum absolute atomic E-state index is 12.4. The second-order valence-corrected chi connectivity index (χ2v) is 8.49. The lowest BCUT2D eigenvalue weighted by Gasteiger charge is -2.32. The SMILES string of the molecule is O=c1ccc(-c2ccncc2)nn1CC1CCN(Cc2cnn3c2CCCC3)CC1. The molecule has 0 aromatic carbocycles. The van der Waals surface area contributed by atoms with E-state index in [9.17, 15) is 4.79 Å². The van der Waals surface area contributed by atoms with Crippen LogP contribution < -0.4 is 5.56 Å².